The van der Waals surface area contributed by atoms with Crippen molar-refractivity contribution in [3.05, 3.63) is 0 Å². The Morgan fingerprint density at radius 1 is 1.33 bits per heavy atom. The molecule has 0 amide bonds. The van der Waals surface area contributed by atoms with Crippen LogP contribution in [0, 0.1) is 5.92 Å². The van der Waals surface area contributed by atoms with Gasteiger partial charge in [-0.15, -0.1) is 0 Å². The molecule has 7 heteroatoms. The summed E-state index contributed by atoms with van der Waals surface area (Å²) in [5.41, 5.74) is 0. The summed E-state index contributed by atoms with van der Waals surface area (Å²) in [6.07, 6.45) is 5.45. The van der Waals surface area contributed by atoms with Crippen LogP contribution in [0.5, 0.6) is 0 Å². The smallest absolute Gasteiger partial charge is 0.320 e. The van der Waals surface area contributed by atoms with Crippen molar-refractivity contribution in [3.63, 3.8) is 0 Å². The maximum atomic E-state index is 11.7. The van der Waals surface area contributed by atoms with Crippen LogP contribution in [0.15, 0.2) is 0 Å². The van der Waals surface area contributed by atoms with Crippen LogP contribution in [0.4, 0.5) is 0 Å². The Bertz CT molecular complexity index is 462. The van der Waals surface area contributed by atoms with Crippen LogP contribution < -0.4 is 0 Å². The molecule has 1 atom stereocenters. The third kappa shape index (κ3) is 5.23. The highest BCUT2D eigenvalue weighted by atomic mass is 32.2. The largest absolute Gasteiger partial charge is 0.465 e. The second-order valence-corrected chi connectivity index (χ2v) is 8.08. The van der Waals surface area contributed by atoms with Gasteiger partial charge in [-0.3, -0.25) is 9.69 Å². The molecule has 2 rings (SSSR count). The molecule has 0 radical (unpaired) electrons. The number of hydrogen-bond acceptors (Lipinski definition) is 5. The highest BCUT2D eigenvalue weighted by Gasteiger charge is 2.34. The number of carbonyl (C=O) groups excluding carboxylic acids is 1. The zero-order chi connectivity index (χ0) is 15.5. The minimum atomic E-state index is -3.11. The molecule has 21 heavy (non-hydrogen) atoms. The molecule has 1 aliphatic carbocycles. The van der Waals surface area contributed by atoms with E-state index in [-0.39, 0.29) is 5.97 Å². The van der Waals surface area contributed by atoms with E-state index in [2.05, 4.69) is 4.90 Å². The summed E-state index contributed by atoms with van der Waals surface area (Å²) in [6.45, 7) is 4.53. The molecule has 0 N–H and O–H groups in total. The molecule has 0 aromatic heterocycles. The van der Waals surface area contributed by atoms with Crippen molar-refractivity contribution in [1.82, 2.24) is 9.21 Å². The molecule has 0 aromatic carbocycles. The Hall–Kier alpha value is -0.660. The average molecular weight is 318 g/mol. The summed E-state index contributed by atoms with van der Waals surface area (Å²) >= 11 is 0. The summed E-state index contributed by atoms with van der Waals surface area (Å²) in [6, 6.07) is 0.475. The summed E-state index contributed by atoms with van der Waals surface area (Å²) in [7, 11) is -3.11. The maximum Gasteiger partial charge on any atom is 0.320 e. The van der Waals surface area contributed by atoms with Crippen LogP contribution >= 0.6 is 0 Å². The lowest BCUT2D eigenvalue weighted by Gasteiger charge is -2.34. The van der Waals surface area contributed by atoms with E-state index in [1.54, 1.807) is 4.31 Å². The maximum absolute atomic E-state index is 11.7. The lowest BCUT2D eigenvalue weighted by molar-refractivity contribution is -0.144. The summed E-state index contributed by atoms with van der Waals surface area (Å²) in [5.74, 6) is 0.128. The number of esters is 1. The van der Waals surface area contributed by atoms with Crippen LogP contribution in [0.3, 0.4) is 0 Å². The molecule has 6 nitrogen and oxygen atoms in total. The highest BCUT2D eigenvalue weighted by Crippen LogP contribution is 2.29. The van der Waals surface area contributed by atoms with E-state index in [9.17, 15) is 13.2 Å². The Labute approximate surface area is 127 Å². The topological polar surface area (TPSA) is 66.9 Å². The number of hydrogen-bond donors (Lipinski definition) is 0. The standard InChI is InChI=1S/C14H26N2O4S/c1-3-20-14(17)11-15(13-6-7-13)9-12-5-4-8-16(10-12)21(2,18)19/h12-13H,3-11H2,1-2H3. The van der Waals surface area contributed by atoms with E-state index in [0.717, 1.165) is 32.2 Å². The average Bonchev–Trinajstić information content (AvgIpc) is 3.22. The van der Waals surface area contributed by atoms with Gasteiger partial charge in [0.2, 0.25) is 10.0 Å². The van der Waals surface area contributed by atoms with Crippen LogP contribution in [-0.4, -0.2) is 68.7 Å². The van der Waals surface area contributed by atoms with Gasteiger partial charge in [0.15, 0.2) is 0 Å². The van der Waals surface area contributed by atoms with Gasteiger partial charge >= 0.3 is 5.97 Å². The Balaban J connectivity index is 1.89. The van der Waals surface area contributed by atoms with Gasteiger partial charge < -0.3 is 4.74 Å². The van der Waals surface area contributed by atoms with Gasteiger partial charge in [-0.25, -0.2) is 12.7 Å². The third-order valence-electron chi connectivity index (χ3n) is 4.14. The molecule has 1 saturated carbocycles. The van der Waals surface area contributed by atoms with Crippen LogP contribution in [-0.2, 0) is 19.6 Å². The fourth-order valence-corrected chi connectivity index (χ4v) is 3.91. The molecule has 1 heterocycles. The molecule has 1 saturated heterocycles. The van der Waals surface area contributed by atoms with Crippen molar-refractivity contribution in [2.75, 3.05) is 39.0 Å². The SMILES string of the molecule is CCOC(=O)CN(CC1CCCN(S(C)(=O)=O)C1)C1CC1. The minimum Gasteiger partial charge on any atom is -0.465 e. The van der Waals surface area contributed by atoms with E-state index >= 15 is 0 Å². The molecular formula is C14H26N2O4S. The van der Waals surface area contributed by atoms with Crippen molar-refractivity contribution in [2.24, 2.45) is 5.92 Å². The van der Waals surface area contributed by atoms with Gasteiger partial charge in [-0.2, -0.15) is 0 Å². The van der Waals surface area contributed by atoms with Crippen molar-refractivity contribution >= 4 is 16.0 Å². The van der Waals surface area contributed by atoms with Crippen molar-refractivity contribution in [2.45, 2.75) is 38.6 Å². The minimum absolute atomic E-state index is 0.180. The van der Waals surface area contributed by atoms with E-state index in [4.69, 9.17) is 4.74 Å². The number of rotatable bonds is 7. The van der Waals surface area contributed by atoms with Gasteiger partial charge in [0.25, 0.3) is 0 Å². The van der Waals surface area contributed by atoms with Gasteiger partial charge in [0, 0.05) is 25.7 Å². The number of nitrogens with zero attached hydrogens (tertiary/aromatic N) is 2. The van der Waals surface area contributed by atoms with Gasteiger partial charge in [0.05, 0.1) is 19.4 Å². The lowest BCUT2D eigenvalue weighted by Crippen LogP contribution is -2.45. The molecule has 1 unspecified atom stereocenters. The molecule has 0 bridgehead atoms. The predicted octanol–water partition coefficient (Wildman–Crippen LogP) is 0.686. The molecule has 2 fully saturated rings. The first-order valence-electron chi connectivity index (χ1n) is 7.75. The molecule has 1 aliphatic heterocycles. The van der Waals surface area contributed by atoms with Gasteiger partial charge in [-0.05, 0) is 38.5 Å². The Kier molecular flexibility index (Phi) is 5.62. The zero-order valence-corrected chi connectivity index (χ0v) is 13.8. The molecule has 0 aromatic rings. The molecule has 2 aliphatic rings. The Morgan fingerprint density at radius 2 is 2.05 bits per heavy atom. The van der Waals surface area contributed by atoms with E-state index < -0.39 is 10.0 Å². The first-order chi connectivity index (χ1) is 9.90. The second kappa shape index (κ2) is 7.07. The van der Waals surface area contributed by atoms with Crippen LogP contribution in [0.1, 0.15) is 32.6 Å². The van der Waals surface area contributed by atoms with Crippen LogP contribution in [0.2, 0.25) is 0 Å². The number of carbonyl (C=O) groups is 1. The molecule has 122 valence electrons. The fraction of sp³-hybridized carbons (Fsp3) is 0.929. The van der Waals surface area contributed by atoms with Crippen LogP contribution in [0.25, 0.3) is 0 Å². The fourth-order valence-electron chi connectivity index (χ4n) is 2.96. The lowest BCUT2D eigenvalue weighted by atomic mass is 9.99. The second-order valence-electron chi connectivity index (χ2n) is 6.09. The van der Waals surface area contributed by atoms with Crippen molar-refractivity contribution in [1.29, 1.82) is 0 Å². The monoisotopic (exact) mass is 318 g/mol. The summed E-state index contributed by atoms with van der Waals surface area (Å²) in [5, 5.41) is 0. The summed E-state index contributed by atoms with van der Waals surface area (Å²) < 4.78 is 29.9. The number of piperidine rings is 1. The molecular weight excluding hydrogens is 292 g/mol. The van der Waals surface area contributed by atoms with Crippen molar-refractivity contribution in [3.8, 4) is 0 Å². The van der Waals surface area contributed by atoms with E-state index in [1.807, 2.05) is 6.92 Å². The van der Waals surface area contributed by atoms with E-state index in [0.29, 0.717) is 38.2 Å². The Morgan fingerprint density at radius 3 is 2.62 bits per heavy atom. The normalized spacial score (nSPS) is 24.2. The zero-order valence-electron chi connectivity index (χ0n) is 13.0. The summed E-state index contributed by atoms with van der Waals surface area (Å²) in [4.78, 5) is 13.9. The number of ether oxygens (including phenoxy) is 1. The predicted molar refractivity (Wildman–Crippen MR) is 80.4 cm³/mol. The first-order valence-corrected chi connectivity index (χ1v) is 9.59. The van der Waals surface area contributed by atoms with E-state index in [1.165, 1.54) is 6.26 Å². The third-order valence-corrected chi connectivity index (χ3v) is 5.41. The quantitative estimate of drug-likeness (QED) is 0.646. The van der Waals surface area contributed by atoms with Crippen molar-refractivity contribution < 1.29 is 17.9 Å². The molecule has 0 spiro atoms. The van der Waals surface area contributed by atoms with Gasteiger partial charge in [-0.1, -0.05) is 0 Å². The highest BCUT2D eigenvalue weighted by molar-refractivity contribution is 7.88. The number of sulfonamides is 1. The van der Waals surface area contributed by atoms with Gasteiger partial charge in [0.1, 0.15) is 0 Å². The first kappa shape index (κ1) is 16.7.